The van der Waals surface area contributed by atoms with Crippen LogP contribution in [0.1, 0.15) is 16.7 Å². The molecule has 0 aliphatic rings. The minimum atomic E-state index is -0.277. The van der Waals surface area contributed by atoms with Gasteiger partial charge in [-0.15, -0.1) is 10.2 Å². The first-order chi connectivity index (χ1) is 11.8. The third-order valence-electron chi connectivity index (χ3n) is 3.26. The second-order valence-corrected chi connectivity index (χ2v) is 5.69. The van der Waals surface area contributed by atoms with E-state index in [4.69, 9.17) is 5.26 Å². The van der Waals surface area contributed by atoms with Crippen molar-refractivity contribution in [2.45, 2.75) is 0 Å². The molecule has 3 aromatic rings. The van der Waals surface area contributed by atoms with Crippen molar-refractivity contribution in [1.82, 2.24) is 10.2 Å². The van der Waals surface area contributed by atoms with Crippen molar-refractivity contribution >= 4 is 34.0 Å². The van der Waals surface area contributed by atoms with E-state index in [2.05, 4.69) is 21.6 Å². The largest absolute Gasteiger partial charge is 0.296 e. The molecule has 2 aromatic carbocycles. The van der Waals surface area contributed by atoms with Crippen LogP contribution < -0.4 is 5.32 Å². The van der Waals surface area contributed by atoms with E-state index in [-0.39, 0.29) is 5.91 Å². The summed E-state index contributed by atoms with van der Waals surface area (Å²) in [6, 6.07) is 18.5. The average molecular weight is 332 g/mol. The summed E-state index contributed by atoms with van der Waals surface area (Å²) in [5, 5.41) is 19.6. The third-order valence-corrected chi connectivity index (χ3v) is 3.87. The molecule has 0 aliphatic carbocycles. The van der Waals surface area contributed by atoms with Crippen LogP contribution in [-0.4, -0.2) is 16.1 Å². The highest BCUT2D eigenvalue weighted by atomic mass is 32.1. The zero-order chi connectivity index (χ0) is 16.8. The minimum absolute atomic E-state index is 0.277. The van der Waals surface area contributed by atoms with E-state index in [1.165, 1.54) is 11.3 Å². The summed E-state index contributed by atoms with van der Waals surface area (Å²) in [4.78, 5) is 12.7. The maximum absolute atomic E-state index is 12.7. The van der Waals surface area contributed by atoms with E-state index < -0.39 is 0 Å². The summed E-state index contributed by atoms with van der Waals surface area (Å²) < 4.78 is 0. The van der Waals surface area contributed by atoms with Crippen LogP contribution in [0.2, 0.25) is 0 Å². The summed E-state index contributed by atoms with van der Waals surface area (Å²) in [7, 11) is 0. The summed E-state index contributed by atoms with van der Waals surface area (Å²) >= 11 is 1.25. The number of hydrogen-bond acceptors (Lipinski definition) is 5. The number of amides is 1. The first kappa shape index (κ1) is 15.6. The van der Waals surface area contributed by atoms with Crippen molar-refractivity contribution < 1.29 is 4.79 Å². The fourth-order valence-corrected chi connectivity index (χ4v) is 2.55. The first-order valence-corrected chi connectivity index (χ1v) is 7.99. The number of aromatic nitrogens is 2. The Kier molecular flexibility index (Phi) is 4.75. The van der Waals surface area contributed by atoms with Gasteiger partial charge in [0, 0.05) is 5.57 Å². The second kappa shape index (κ2) is 7.31. The zero-order valence-electron chi connectivity index (χ0n) is 12.5. The Labute approximate surface area is 142 Å². The van der Waals surface area contributed by atoms with Gasteiger partial charge in [0.25, 0.3) is 5.91 Å². The summed E-state index contributed by atoms with van der Waals surface area (Å²) in [6.45, 7) is 0. The highest BCUT2D eigenvalue weighted by Gasteiger charge is 2.14. The van der Waals surface area contributed by atoms with E-state index in [9.17, 15) is 4.79 Å². The maximum Gasteiger partial charge on any atom is 0.258 e. The smallest absolute Gasteiger partial charge is 0.258 e. The molecule has 6 heteroatoms. The topological polar surface area (TPSA) is 78.7 Å². The van der Waals surface area contributed by atoms with Crippen LogP contribution in [0.5, 0.6) is 0 Å². The van der Waals surface area contributed by atoms with E-state index in [1.54, 1.807) is 35.9 Å². The van der Waals surface area contributed by atoms with Gasteiger partial charge < -0.3 is 0 Å². The SMILES string of the molecule is N#Cc1ccc(C(=Cc2ccccc2)C(=O)Nc2nncs2)cc1. The van der Waals surface area contributed by atoms with Crippen molar-refractivity contribution in [3.63, 3.8) is 0 Å². The van der Waals surface area contributed by atoms with Gasteiger partial charge in [-0.05, 0) is 29.3 Å². The van der Waals surface area contributed by atoms with Crippen LogP contribution in [-0.2, 0) is 4.79 Å². The number of nitrogens with zero attached hydrogens (tertiary/aromatic N) is 3. The lowest BCUT2D eigenvalue weighted by molar-refractivity contribution is -0.111. The van der Waals surface area contributed by atoms with E-state index in [0.29, 0.717) is 16.3 Å². The van der Waals surface area contributed by atoms with E-state index in [0.717, 1.165) is 11.1 Å². The molecular formula is C18H12N4OS. The lowest BCUT2D eigenvalue weighted by Gasteiger charge is -2.08. The maximum atomic E-state index is 12.7. The number of carbonyl (C=O) groups excluding carboxylic acids is 1. The van der Waals surface area contributed by atoms with Crippen LogP contribution in [0.25, 0.3) is 11.6 Å². The van der Waals surface area contributed by atoms with Crippen molar-refractivity contribution in [1.29, 1.82) is 5.26 Å². The fraction of sp³-hybridized carbons (Fsp3) is 0. The molecule has 5 nitrogen and oxygen atoms in total. The molecule has 0 fully saturated rings. The molecule has 116 valence electrons. The van der Waals surface area contributed by atoms with Gasteiger partial charge >= 0.3 is 0 Å². The Morgan fingerprint density at radius 3 is 2.50 bits per heavy atom. The molecule has 0 saturated carbocycles. The van der Waals surface area contributed by atoms with Crippen molar-refractivity contribution in [3.8, 4) is 6.07 Å². The van der Waals surface area contributed by atoms with Gasteiger partial charge in [0.05, 0.1) is 11.6 Å². The molecule has 1 heterocycles. The number of hydrogen-bond donors (Lipinski definition) is 1. The molecule has 1 amide bonds. The molecule has 3 rings (SSSR count). The van der Waals surface area contributed by atoms with Crippen LogP contribution >= 0.6 is 11.3 Å². The highest BCUT2D eigenvalue weighted by molar-refractivity contribution is 7.13. The molecule has 0 bridgehead atoms. The summed E-state index contributed by atoms with van der Waals surface area (Å²) in [6.07, 6.45) is 1.80. The van der Waals surface area contributed by atoms with Crippen LogP contribution in [0.15, 0.2) is 60.1 Å². The molecule has 0 unspecified atom stereocenters. The normalized spacial score (nSPS) is 10.9. The van der Waals surface area contributed by atoms with Gasteiger partial charge in [-0.2, -0.15) is 5.26 Å². The Balaban J connectivity index is 1.98. The number of anilines is 1. The molecule has 0 spiro atoms. The molecule has 0 aliphatic heterocycles. The lowest BCUT2D eigenvalue weighted by Crippen LogP contribution is -2.13. The van der Waals surface area contributed by atoms with Crippen molar-refractivity contribution in [2.75, 3.05) is 5.32 Å². The van der Waals surface area contributed by atoms with Crippen molar-refractivity contribution in [2.24, 2.45) is 0 Å². The Morgan fingerprint density at radius 1 is 1.12 bits per heavy atom. The quantitative estimate of drug-likeness (QED) is 0.585. The molecule has 1 aromatic heterocycles. The van der Waals surface area contributed by atoms with Gasteiger partial charge in [-0.25, -0.2) is 0 Å². The van der Waals surface area contributed by atoms with Crippen LogP contribution in [0, 0.1) is 11.3 Å². The first-order valence-electron chi connectivity index (χ1n) is 7.11. The molecule has 0 saturated heterocycles. The second-order valence-electron chi connectivity index (χ2n) is 4.86. The van der Waals surface area contributed by atoms with Gasteiger partial charge in [0.2, 0.25) is 5.13 Å². The number of nitrogens with one attached hydrogen (secondary N) is 1. The molecule has 0 atom stereocenters. The molecule has 1 N–H and O–H groups in total. The standard InChI is InChI=1S/C18H12N4OS/c19-11-14-6-8-15(9-7-14)16(10-13-4-2-1-3-5-13)17(23)21-18-22-20-12-24-18/h1-10,12H,(H,21,22,23). The van der Waals surface area contributed by atoms with Gasteiger partial charge in [-0.3, -0.25) is 10.1 Å². The van der Waals surface area contributed by atoms with Crippen LogP contribution in [0.4, 0.5) is 5.13 Å². The molecular weight excluding hydrogens is 320 g/mol. The summed E-state index contributed by atoms with van der Waals surface area (Å²) in [5.74, 6) is -0.277. The fourth-order valence-electron chi connectivity index (χ4n) is 2.11. The average Bonchev–Trinajstić information content (AvgIpc) is 3.13. The molecule has 24 heavy (non-hydrogen) atoms. The van der Waals surface area contributed by atoms with Crippen molar-refractivity contribution in [3.05, 3.63) is 76.8 Å². The number of nitriles is 1. The summed E-state index contributed by atoms with van der Waals surface area (Å²) in [5.41, 5.74) is 4.21. The Bertz CT molecular complexity index is 894. The third kappa shape index (κ3) is 3.72. The van der Waals surface area contributed by atoms with Crippen LogP contribution in [0.3, 0.4) is 0 Å². The predicted molar refractivity (Wildman–Crippen MR) is 94.0 cm³/mol. The van der Waals surface area contributed by atoms with E-state index in [1.807, 2.05) is 30.3 Å². The lowest BCUT2D eigenvalue weighted by atomic mass is 10.0. The highest BCUT2D eigenvalue weighted by Crippen LogP contribution is 2.21. The van der Waals surface area contributed by atoms with Gasteiger partial charge in [0.1, 0.15) is 5.51 Å². The zero-order valence-corrected chi connectivity index (χ0v) is 13.3. The minimum Gasteiger partial charge on any atom is -0.296 e. The van der Waals surface area contributed by atoms with E-state index >= 15 is 0 Å². The van der Waals surface area contributed by atoms with Gasteiger partial charge in [-0.1, -0.05) is 53.8 Å². The monoisotopic (exact) mass is 332 g/mol. The number of rotatable bonds is 4. The van der Waals surface area contributed by atoms with Gasteiger partial charge in [0.15, 0.2) is 0 Å². The Morgan fingerprint density at radius 2 is 1.88 bits per heavy atom. The molecule has 0 radical (unpaired) electrons. The number of carbonyl (C=O) groups is 1. The predicted octanol–water partition coefficient (Wildman–Crippen LogP) is 3.59. The number of benzene rings is 2. The Hall–Kier alpha value is -3.30.